The molecule has 28 heavy (non-hydrogen) atoms. The lowest BCUT2D eigenvalue weighted by Gasteiger charge is -2.33. The first-order chi connectivity index (χ1) is 13.2. The summed E-state index contributed by atoms with van der Waals surface area (Å²) in [6.07, 6.45) is 0. The number of benzene rings is 1. The van der Waals surface area contributed by atoms with Crippen LogP contribution in [0, 0.1) is 13.8 Å². The smallest absolute Gasteiger partial charge is 0.270 e. The van der Waals surface area contributed by atoms with Gasteiger partial charge in [-0.3, -0.25) is 14.6 Å². The molecule has 4 rings (SSSR count). The number of likely N-dealkylation sites (N-methyl/N-ethyl adjacent to an activating group) is 1. The summed E-state index contributed by atoms with van der Waals surface area (Å²) in [7, 11) is 1.67. The highest BCUT2D eigenvalue weighted by Crippen LogP contribution is 2.33. The number of nitrogens with zero attached hydrogens (tertiary/aromatic N) is 5. The predicted molar refractivity (Wildman–Crippen MR) is 106 cm³/mol. The lowest BCUT2D eigenvalue weighted by molar-refractivity contribution is -0.683. The number of halogens is 1. The molecule has 2 aromatic rings. The molecule has 0 aliphatic carbocycles. The number of rotatable bonds is 3. The van der Waals surface area contributed by atoms with Crippen molar-refractivity contribution < 1.29 is 14.2 Å². The Morgan fingerprint density at radius 2 is 1.82 bits per heavy atom. The zero-order valence-electron chi connectivity index (χ0n) is 16.6. The van der Waals surface area contributed by atoms with Gasteiger partial charge in [-0.1, -0.05) is 28.7 Å². The Hall–Kier alpha value is -2.67. The lowest BCUT2D eigenvalue weighted by atomic mass is 10.1. The zero-order chi connectivity index (χ0) is 20.3. The quantitative estimate of drug-likeness (QED) is 0.742. The fourth-order valence-electron chi connectivity index (χ4n) is 4.00. The van der Waals surface area contributed by atoms with Crippen molar-refractivity contribution >= 4 is 35.3 Å². The minimum absolute atomic E-state index is 0.195. The second-order valence-corrected chi connectivity index (χ2v) is 8.01. The van der Waals surface area contributed by atoms with Crippen LogP contribution in [-0.4, -0.2) is 39.2 Å². The van der Waals surface area contributed by atoms with Crippen LogP contribution < -0.4 is 4.57 Å². The summed E-state index contributed by atoms with van der Waals surface area (Å²) in [6, 6.07) is 6.36. The second-order valence-electron chi connectivity index (χ2n) is 7.57. The molecular formula is C20H23ClN5O2+. The number of hydrogen-bond donors (Lipinski definition) is 0. The van der Waals surface area contributed by atoms with Crippen molar-refractivity contribution in [2.24, 2.45) is 4.99 Å². The average molecular weight is 401 g/mol. The van der Waals surface area contributed by atoms with E-state index in [-0.39, 0.29) is 24.5 Å². The fraction of sp³-hybridized carbons (Fsp3) is 0.400. The van der Waals surface area contributed by atoms with Gasteiger partial charge >= 0.3 is 12.0 Å². The molecule has 1 saturated heterocycles. The zero-order valence-corrected chi connectivity index (χ0v) is 17.4. The monoisotopic (exact) mass is 400 g/mol. The van der Waals surface area contributed by atoms with Crippen molar-refractivity contribution in [3.05, 3.63) is 46.2 Å². The van der Waals surface area contributed by atoms with E-state index in [4.69, 9.17) is 16.6 Å². The Labute approximate surface area is 168 Å². The molecule has 0 bridgehead atoms. The first-order valence-electron chi connectivity index (χ1n) is 9.27. The molecule has 0 radical (unpaired) electrons. The Morgan fingerprint density at radius 3 is 2.43 bits per heavy atom. The summed E-state index contributed by atoms with van der Waals surface area (Å²) < 4.78 is 4.06. The minimum atomic E-state index is -0.622. The van der Waals surface area contributed by atoms with Crippen LogP contribution in [0.2, 0.25) is 5.02 Å². The number of urea groups is 1. The summed E-state index contributed by atoms with van der Waals surface area (Å²) in [5.41, 5.74) is 2.90. The maximum Gasteiger partial charge on any atom is 0.402 e. The van der Waals surface area contributed by atoms with Crippen LogP contribution in [0.25, 0.3) is 0 Å². The standard InChI is InChI=1S/C20H23ClN5O2/c1-11(2)25-12(3)13(4)26-16-17(22-19(25)26)23(5)20(28)24(18(16)27)10-14-6-8-15(21)9-7-14/h6-9,11,16H,10H2,1-5H3/q+1. The van der Waals surface area contributed by atoms with Crippen molar-refractivity contribution in [3.63, 3.8) is 0 Å². The van der Waals surface area contributed by atoms with Gasteiger partial charge < -0.3 is 0 Å². The van der Waals surface area contributed by atoms with Crippen LogP contribution in [-0.2, 0) is 11.3 Å². The molecule has 2 aliphatic heterocycles. The van der Waals surface area contributed by atoms with Gasteiger partial charge in [-0.05, 0) is 45.4 Å². The van der Waals surface area contributed by atoms with E-state index in [1.807, 2.05) is 30.5 Å². The van der Waals surface area contributed by atoms with Crippen molar-refractivity contribution in [2.75, 3.05) is 7.05 Å². The molecule has 1 aromatic carbocycles. The molecular weight excluding hydrogens is 378 g/mol. The predicted octanol–water partition coefficient (Wildman–Crippen LogP) is 3.31. The van der Waals surface area contributed by atoms with E-state index in [0.29, 0.717) is 16.8 Å². The Morgan fingerprint density at radius 1 is 1.18 bits per heavy atom. The SMILES string of the molecule is Cc1c(C)[n+]2c(n1C(C)C)N=C1C2C(=O)N(Cc2ccc(Cl)cc2)C(=O)N1C. The summed E-state index contributed by atoms with van der Waals surface area (Å²) in [5.74, 6) is 0.936. The van der Waals surface area contributed by atoms with Gasteiger partial charge in [0.15, 0.2) is 0 Å². The normalized spacial score (nSPS) is 18.7. The average Bonchev–Trinajstić information content (AvgIpc) is 3.14. The highest BCUT2D eigenvalue weighted by atomic mass is 35.5. The third-order valence-corrected chi connectivity index (χ3v) is 5.78. The second kappa shape index (κ2) is 6.44. The van der Waals surface area contributed by atoms with E-state index in [1.54, 1.807) is 19.2 Å². The number of hydrogen-bond acceptors (Lipinski definition) is 3. The molecule has 0 spiro atoms. The van der Waals surface area contributed by atoms with Gasteiger partial charge in [0.25, 0.3) is 5.91 Å². The lowest BCUT2D eigenvalue weighted by Crippen LogP contribution is -2.63. The molecule has 3 heterocycles. The highest BCUT2D eigenvalue weighted by molar-refractivity contribution is 6.30. The fourth-order valence-corrected chi connectivity index (χ4v) is 4.12. The van der Waals surface area contributed by atoms with E-state index in [9.17, 15) is 9.59 Å². The number of fused-ring (bicyclic) bond motifs is 3. The number of carbonyl (C=O) groups is 2. The van der Waals surface area contributed by atoms with Gasteiger partial charge in [-0.2, -0.15) is 0 Å². The minimum Gasteiger partial charge on any atom is -0.270 e. The van der Waals surface area contributed by atoms with Crippen molar-refractivity contribution in [2.45, 2.75) is 46.3 Å². The Bertz CT molecular complexity index is 1020. The summed E-state index contributed by atoms with van der Waals surface area (Å²) in [5, 5.41) is 0.615. The van der Waals surface area contributed by atoms with E-state index >= 15 is 0 Å². The highest BCUT2D eigenvalue weighted by Gasteiger charge is 2.54. The van der Waals surface area contributed by atoms with Crippen LogP contribution in [0.1, 0.15) is 42.9 Å². The van der Waals surface area contributed by atoms with Crippen molar-refractivity contribution in [1.29, 1.82) is 0 Å². The summed E-state index contributed by atoms with van der Waals surface area (Å²) in [4.78, 5) is 33.7. The number of aromatic nitrogens is 2. The number of amides is 3. The molecule has 1 atom stereocenters. The Balaban J connectivity index is 1.77. The van der Waals surface area contributed by atoms with Crippen molar-refractivity contribution in [3.8, 4) is 0 Å². The molecule has 0 saturated carbocycles. The molecule has 0 N–H and O–H groups in total. The largest absolute Gasteiger partial charge is 0.402 e. The molecule has 2 aliphatic rings. The summed E-state index contributed by atoms with van der Waals surface area (Å²) >= 11 is 5.95. The van der Waals surface area contributed by atoms with Crippen LogP contribution in [0.5, 0.6) is 0 Å². The van der Waals surface area contributed by atoms with Gasteiger partial charge in [-0.25, -0.2) is 13.9 Å². The summed E-state index contributed by atoms with van der Waals surface area (Å²) in [6.45, 7) is 8.38. The number of aliphatic imine (C=N–C) groups is 1. The van der Waals surface area contributed by atoms with Crippen LogP contribution in [0.4, 0.5) is 10.7 Å². The van der Waals surface area contributed by atoms with E-state index < -0.39 is 6.04 Å². The molecule has 8 heteroatoms. The molecule has 7 nitrogen and oxygen atoms in total. The van der Waals surface area contributed by atoms with Crippen molar-refractivity contribution in [1.82, 2.24) is 14.4 Å². The number of amidine groups is 1. The topological polar surface area (TPSA) is 61.8 Å². The Kier molecular flexibility index (Phi) is 4.30. The van der Waals surface area contributed by atoms with Crippen LogP contribution in [0.15, 0.2) is 29.3 Å². The molecule has 1 fully saturated rings. The maximum atomic E-state index is 13.4. The molecule has 1 aromatic heterocycles. The van der Waals surface area contributed by atoms with E-state index in [2.05, 4.69) is 18.4 Å². The first kappa shape index (κ1) is 18.7. The maximum absolute atomic E-state index is 13.4. The number of carbonyl (C=O) groups excluding carboxylic acids is 2. The number of imide groups is 1. The van der Waals surface area contributed by atoms with Crippen LogP contribution in [0.3, 0.4) is 0 Å². The molecule has 146 valence electrons. The van der Waals surface area contributed by atoms with Gasteiger partial charge in [0, 0.05) is 12.1 Å². The van der Waals surface area contributed by atoms with Gasteiger partial charge in [-0.15, -0.1) is 0 Å². The van der Waals surface area contributed by atoms with Gasteiger partial charge in [0.1, 0.15) is 11.4 Å². The van der Waals surface area contributed by atoms with Crippen LogP contribution >= 0.6 is 11.6 Å². The van der Waals surface area contributed by atoms with Gasteiger partial charge in [0.2, 0.25) is 11.9 Å². The first-order valence-corrected chi connectivity index (χ1v) is 9.65. The van der Waals surface area contributed by atoms with E-state index in [1.165, 1.54) is 9.80 Å². The third-order valence-electron chi connectivity index (χ3n) is 5.53. The molecule has 3 amide bonds. The number of imidazole rings is 1. The third kappa shape index (κ3) is 2.57. The molecule has 1 unspecified atom stereocenters. The van der Waals surface area contributed by atoms with Gasteiger partial charge in [0.05, 0.1) is 12.6 Å². The van der Waals surface area contributed by atoms with E-state index in [0.717, 1.165) is 17.0 Å².